The molecule has 1 saturated carbocycles. The number of fused-ring (bicyclic) bond motifs is 1. The van der Waals surface area contributed by atoms with E-state index in [1.165, 1.54) is 12.8 Å². The molecule has 0 radical (unpaired) electrons. The zero-order valence-electron chi connectivity index (χ0n) is 9.41. The van der Waals surface area contributed by atoms with Gasteiger partial charge in [-0.2, -0.15) is 0 Å². The second-order valence-electron chi connectivity index (χ2n) is 5.22. The normalized spacial score (nSPS) is 49.8. The fourth-order valence-electron chi connectivity index (χ4n) is 3.12. The quantitative estimate of drug-likeness (QED) is 0.661. The van der Waals surface area contributed by atoms with Gasteiger partial charge in [0.2, 0.25) is 0 Å². The smallest absolute Gasteiger partial charge is 0.109 e. The zero-order valence-corrected chi connectivity index (χ0v) is 9.41. The Kier molecular flexibility index (Phi) is 2.49. The highest BCUT2D eigenvalue weighted by atomic mass is 16.6. The van der Waals surface area contributed by atoms with Gasteiger partial charge in [-0.15, -0.1) is 0 Å². The summed E-state index contributed by atoms with van der Waals surface area (Å²) >= 11 is 0. The third-order valence-corrected chi connectivity index (χ3v) is 4.40. The van der Waals surface area contributed by atoms with Crippen molar-refractivity contribution < 1.29 is 14.2 Å². The van der Waals surface area contributed by atoms with Crippen LogP contribution >= 0.6 is 0 Å². The van der Waals surface area contributed by atoms with Crippen molar-refractivity contribution in [1.29, 1.82) is 0 Å². The van der Waals surface area contributed by atoms with Crippen LogP contribution in [0.5, 0.6) is 0 Å². The van der Waals surface area contributed by atoms with Crippen molar-refractivity contribution in [3.63, 3.8) is 0 Å². The first-order chi connectivity index (χ1) is 7.34. The van der Waals surface area contributed by atoms with Crippen LogP contribution in [0.4, 0.5) is 0 Å². The average Bonchev–Trinajstić information content (AvgIpc) is 3.03. The van der Waals surface area contributed by atoms with Gasteiger partial charge in [0.1, 0.15) is 6.10 Å². The van der Waals surface area contributed by atoms with Crippen LogP contribution in [0.15, 0.2) is 0 Å². The largest absolute Gasteiger partial charge is 0.379 e. The van der Waals surface area contributed by atoms with Gasteiger partial charge in [-0.1, -0.05) is 0 Å². The molecule has 2 heterocycles. The van der Waals surface area contributed by atoms with E-state index >= 15 is 0 Å². The highest BCUT2D eigenvalue weighted by Crippen LogP contribution is 2.49. The molecule has 3 aliphatic rings. The molecule has 3 nitrogen and oxygen atoms in total. The second-order valence-corrected chi connectivity index (χ2v) is 5.22. The van der Waals surface area contributed by atoms with Crippen molar-refractivity contribution in [3.05, 3.63) is 0 Å². The van der Waals surface area contributed by atoms with E-state index in [-0.39, 0.29) is 11.7 Å². The van der Waals surface area contributed by atoms with Gasteiger partial charge in [-0.3, -0.25) is 0 Å². The van der Waals surface area contributed by atoms with Gasteiger partial charge in [0, 0.05) is 20.1 Å². The lowest BCUT2D eigenvalue weighted by atomic mass is 9.86. The van der Waals surface area contributed by atoms with E-state index in [4.69, 9.17) is 14.2 Å². The third kappa shape index (κ3) is 1.71. The molecule has 15 heavy (non-hydrogen) atoms. The fraction of sp³-hybridized carbons (Fsp3) is 1.00. The molecule has 0 aromatic rings. The first kappa shape index (κ1) is 10.1. The lowest BCUT2D eigenvalue weighted by molar-refractivity contribution is -0.194. The summed E-state index contributed by atoms with van der Waals surface area (Å²) < 4.78 is 17.2. The van der Waals surface area contributed by atoms with Crippen LogP contribution in [-0.2, 0) is 14.2 Å². The van der Waals surface area contributed by atoms with E-state index in [0.717, 1.165) is 37.9 Å². The van der Waals surface area contributed by atoms with Gasteiger partial charge in [0.25, 0.3) is 0 Å². The van der Waals surface area contributed by atoms with Crippen molar-refractivity contribution in [2.45, 2.75) is 37.4 Å². The van der Waals surface area contributed by atoms with Crippen LogP contribution in [0, 0.1) is 11.8 Å². The van der Waals surface area contributed by atoms with Gasteiger partial charge in [0.15, 0.2) is 0 Å². The fourth-order valence-corrected chi connectivity index (χ4v) is 3.12. The molecule has 0 bridgehead atoms. The monoisotopic (exact) mass is 212 g/mol. The first-order valence-electron chi connectivity index (χ1n) is 6.08. The number of hydrogen-bond acceptors (Lipinski definition) is 3. The van der Waals surface area contributed by atoms with Crippen molar-refractivity contribution in [2.24, 2.45) is 11.8 Å². The Morgan fingerprint density at radius 1 is 1.20 bits per heavy atom. The Balaban J connectivity index is 1.74. The summed E-state index contributed by atoms with van der Waals surface area (Å²) in [7, 11) is 1.77. The SMILES string of the molecule is CO[C@@H]1COCC[C@]12CC[C@H]1C[C@@H]1CO2. The molecule has 86 valence electrons. The zero-order chi connectivity index (χ0) is 10.3. The molecule has 4 atom stereocenters. The lowest BCUT2D eigenvalue weighted by Crippen LogP contribution is -2.52. The Labute approximate surface area is 91.1 Å². The molecule has 2 saturated heterocycles. The molecule has 0 N–H and O–H groups in total. The molecule has 1 aliphatic carbocycles. The first-order valence-corrected chi connectivity index (χ1v) is 6.08. The molecule has 1 spiro atoms. The minimum absolute atomic E-state index is 0.0274. The standard InChI is InChI=1S/C12H20O3/c1-13-11-8-14-5-4-12(11)3-2-9-6-10(9)7-15-12/h9-11H,2-8H2,1H3/t9-,10+,11+,12+/m0/s1. The number of rotatable bonds is 1. The van der Waals surface area contributed by atoms with E-state index in [1.807, 2.05) is 0 Å². The molecule has 3 rings (SSSR count). The maximum Gasteiger partial charge on any atom is 0.109 e. The van der Waals surface area contributed by atoms with Crippen molar-refractivity contribution in [2.75, 3.05) is 26.9 Å². The summed E-state index contributed by atoms with van der Waals surface area (Å²) in [5.74, 6) is 1.80. The predicted octanol–water partition coefficient (Wildman–Crippen LogP) is 1.61. The average molecular weight is 212 g/mol. The molecular formula is C12H20O3. The van der Waals surface area contributed by atoms with Crippen LogP contribution in [-0.4, -0.2) is 38.6 Å². The maximum absolute atomic E-state index is 6.18. The highest BCUT2D eigenvalue weighted by Gasteiger charge is 2.49. The molecule has 3 fully saturated rings. The van der Waals surface area contributed by atoms with Gasteiger partial charge in [0.05, 0.1) is 18.8 Å². The van der Waals surface area contributed by atoms with Gasteiger partial charge >= 0.3 is 0 Å². The summed E-state index contributed by atoms with van der Waals surface area (Å²) in [6, 6.07) is 0. The van der Waals surface area contributed by atoms with Crippen LogP contribution in [0.25, 0.3) is 0 Å². The van der Waals surface area contributed by atoms with E-state index in [1.54, 1.807) is 7.11 Å². The van der Waals surface area contributed by atoms with E-state index in [9.17, 15) is 0 Å². The topological polar surface area (TPSA) is 27.7 Å². The van der Waals surface area contributed by atoms with Crippen LogP contribution in [0.2, 0.25) is 0 Å². The van der Waals surface area contributed by atoms with E-state index in [2.05, 4.69) is 0 Å². The van der Waals surface area contributed by atoms with Crippen molar-refractivity contribution in [3.8, 4) is 0 Å². The predicted molar refractivity (Wildman–Crippen MR) is 55.7 cm³/mol. The number of ether oxygens (including phenoxy) is 3. The molecule has 0 unspecified atom stereocenters. The molecular weight excluding hydrogens is 192 g/mol. The Morgan fingerprint density at radius 2 is 2.13 bits per heavy atom. The maximum atomic E-state index is 6.18. The second kappa shape index (κ2) is 3.72. The Hall–Kier alpha value is -0.120. The van der Waals surface area contributed by atoms with Gasteiger partial charge < -0.3 is 14.2 Å². The van der Waals surface area contributed by atoms with E-state index in [0.29, 0.717) is 6.61 Å². The van der Waals surface area contributed by atoms with E-state index < -0.39 is 0 Å². The molecule has 0 aromatic carbocycles. The van der Waals surface area contributed by atoms with Gasteiger partial charge in [-0.05, 0) is 31.1 Å². The third-order valence-electron chi connectivity index (χ3n) is 4.40. The molecule has 0 amide bonds. The van der Waals surface area contributed by atoms with Crippen LogP contribution in [0.3, 0.4) is 0 Å². The van der Waals surface area contributed by atoms with Crippen molar-refractivity contribution in [1.82, 2.24) is 0 Å². The van der Waals surface area contributed by atoms with Crippen molar-refractivity contribution >= 4 is 0 Å². The summed E-state index contributed by atoms with van der Waals surface area (Å²) in [5.41, 5.74) is -0.0274. The summed E-state index contributed by atoms with van der Waals surface area (Å²) in [5, 5.41) is 0. The lowest BCUT2D eigenvalue weighted by Gasteiger charge is -2.42. The van der Waals surface area contributed by atoms with Crippen LogP contribution < -0.4 is 0 Å². The number of methoxy groups -OCH3 is 1. The summed E-state index contributed by atoms with van der Waals surface area (Å²) in [6.07, 6.45) is 5.03. The summed E-state index contributed by atoms with van der Waals surface area (Å²) in [6.45, 7) is 2.48. The summed E-state index contributed by atoms with van der Waals surface area (Å²) in [4.78, 5) is 0. The minimum atomic E-state index is -0.0274. The molecule has 3 heteroatoms. The van der Waals surface area contributed by atoms with Crippen LogP contribution in [0.1, 0.15) is 25.7 Å². The van der Waals surface area contributed by atoms with Gasteiger partial charge in [-0.25, -0.2) is 0 Å². The Bertz CT molecular complexity index is 229. The molecule has 0 aromatic heterocycles. The minimum Gasteiger partial charge on any atom is -0.379 e. The highest BCUT2D eigenvalue weighted by molar-refractivity contribution is 4.99. The number of hydrogen-bond donors (Lipinski definition) is 0. The molecule has 2 aliphatic heterocycles. The Morgan fingerprint density at radius 3 is 3.00 bits per heavy atom.